The fraction of sp³-hybridized carbons (Fsp3) is 0.724. The van der Waals surface area contributed by atoms with Crippen LogP contribution in [0.4, 0.5) is 0 Å². The van der Waals surface area contributed by atoms with Gasteiger partial charge in [-0.3, -0.25) is 14.4 Å². The fourth-order valence-corrected chi connectivity index (χ4v) is 9.78. The Morgan fingerprint density at radius 1 is 0.256 bits per heavy atom. The molecule has 0 aromatic carbocycles. The van der Waals surface area contributed by atoms with Gasteiger partial charge in [0, 0.05) is 19.3 Å². The van der Waals surface area contributed by atoms with Gasteiger partial charge in [0.25, 0.3) is 0 Å². The van der Waals surface area contributed by atoms with Crippen LogP contribution in [0.15, 0.2) is 109 Å². The molecule has 0 bridgehead atoms. The molecule has 0 spiro atoms. The largest absolute Gasteiger partial charge is 0.462 e. The molecule has 0 radical (unpaired) electrons. The maximum atomic E-state index is 12.9. The molecule has 0 aliphatic carbocycles. The number of carbonyl (C=O) groups is 3. The number of hydrogen-bond acceptors (Lipinski definition) is 6. The molecule has 0 heterocycles. The number of rotatable bonds is 63. The molecule has 0 aliphatic heterocycles. The van der Waals surface area contributed by atoms with E-state index in [0.717, 1.165) is 135 Å². The molecule has 0 aromatic heterocycles. The van der Waals surface area contributed by atoms with Crippen LogP contribution in [0.5, 0.6) is 0 Å². The summed E-state index contributed by atoms with van der Waals surface area (Å²) < 4.78 is 16.9. The molecule has 0 amide bonds. The van der Waals surface area contributed by atoms with Crippen LogP contribution >= 0.6 is 0 Å². The van der Waals surface area contributed by atoms with E-state index in [4.69, 9.17) is 14.2 Å². The summed E-state index contributed by atoms with van der Waals surface area (Å²) in [5.74, 6) is -0.901. The van der Waals surface area contributed by atoms with Crippen molar-refractivity contribution in [3.05, 3.63) is 109 Å². The summed E-state index contributed by atoms with van der Waals surface area (Å²) in [5.41, 5.74) is 0. The van der Waals surface area contributed by atoms with Gasteiger partial charge >= 0.3 is 17.9 Å². The van der Waals surface area contributed by atoms with Gasteiger partial charge in [0.05, 0.1) is 0 Å². The van der Waals surface area contributed by atoms with E-state index in [1.165, 1.54) is 161 Å². The molecule has 6 heteroatoms. The zero-order chi connectivity index (χ0) is 59.2. The summed E-state index contributed by atoms with van der Waals surface area (Å²) >= 11 is 0. The van der Waals surface area contributed by atoms with Gasteiger partial charge in [-0.1, -0.05) is 304 Å². The van der Waals surface area contributed by atoms with Gasteiger partial charge in [0.2, 0.25) is 0 Å². The van der Waals surface area contributed by atoms with Crippen LogP contribution in [0, 0.1) is 0 Å². The third-order valence-corrected chi connectivity index (χ3v) is 15.0. The summed E-state index contributed by atoms with van der Waals surface area (Å²) in [7, 11) is 0. The molecule has 1 unspecified atom stereocenters. The highest BCUT2D eigenvalue weighted by Crippen LogP contribution is 2.17. The fourth-order valence-electron chi connectivity index (χ4n) is 9.78. The van der Waals surface area contributed by atoms with Crippen LogP contribution in [0.2, 0.25) is 0 Å². The maximum Gasteiger partial charge on any atom is 0.306 e. The Bertz CT molecular complexity index is 1640. The molecule has 470 valence electrons. The van der Waals surface area contributed by atoms with Crippen molar-refractivity contribution in [2.75, 3.05) is 13.2 Å². The van der Waals surface area contributed by atoms with E-state index in [-0.39, 0.29) is 31.1 Å². The summed E-state index contributed by atoms with van der Waals surface area (Å²) in [4.78, 5) is 38.3. The molecule has 0 saturated heterocycles. The third-order valence-electron chi connectivity index (χ3n) is 15.0. The van der Waals surface area contributed by atoms with Crippen molar-refractivity contribution in [2.45, 2.75) is 341 Å². The van der Waals surface area contributed by atoms with Crippen molar-refractivity contribution in [1.29, 1.82) is 0 Å². The molecule has 1 atom stereocenters. The van der Waals surface area contributed by atoms with Crippen LogP contribution in [0.1, 0.15) is 335 Å². The quantitative estimate of drug-likeness (QED) is 0.0261. The van der Waals surface area contributed by atoms with E-state index in [0.29, 0.717) is 19.3 Å². The number of esters is 3. The molecule has 0 N–H and O–H groups in total. The average Bonchev–Trinajstić information content (AvgIpc) is 3.47. The predicted molar refractivity (Wildman–Crippen MR) is 357 cm³/mol. The molecule has 0 rings (SSSR count). The zero-order valence-electron chi connectivity index (χ0n) is 54.0. The molecule has 82 heavy (non-hydrogen) atoms. The van der Waals surface area contributed by atoms with E-state index < -0.39 is 6.10 Å². The van der Waals surface area contributed by atoms with Gasteiger partial charge in [0.1, 0.15) is 13.2 Å². The Hall–Kier alpha value is -3.93. The SMILES string of the molecule is CC/C=C\C/C=C\C/C=C\C/C=C\C/C=C\C/C=C\CCCCCCCCC(=O)OC(COC(=O)CCCCCCC/C=C\CCC)COC(=O)CCCCCCCCCCCCCCCCCCC/C=C\C/C=C\CCCCCCC. The van der Waals surface area contributed by atoms with Gasteiger partial charge in [-0.05, 0) is 122 Å². The van der Waals surface area contributed by atoms with E-state index >= 15 is 0 Å². The van der Waals surface area contributed by atoms with Gasteiger partial charge < -0.3 is 14.2 Å². The number of hydrogen-bond donors (Lipinski definition) is 0. The molecule has 0 saturated carbocycles. The first-order valence-electron chi connectivity index (χ1n) is 34.9. The van der Waals surface area contributed by atoms with Crippen LogP contribution in [0.3, 0.4) is 0 Å². The number of carbonyl (C=O) groups excluding carboxylic acids is 3. The van der Waals surface area contributed by atoms with Gasteiger partial charge in [0.15, 0.2) is 6.10 Å². The lowest BCUT2D eigenvalue weighted by atomic mass is 10.0. The Morgan fingerprint density at radius 2 is 0.500 bits per heavy atom. The van der Waals surface area contributed by atoms with Crippen LogP contribution < -0.4 is 0 Å². The minimum atomic E-state index is -0.791. The van der Waals surface area contributed by atoms with Crippen LogP contribution in [0.25, 0.3) is 0 Å². The lowest BCUT2D eigenvalue weighted by Gasteiger charge is -2.18. The van der Waals surface area contributed by atoms with Crippen molar-refractivity contribution in [3.63, 3.8) is 0 Å². The van der Waals surface area contributed by atoms with Crippen LogP contribution in [-0.4, -0.2) is 37.2 Å². The second kappa shape index (κ2) is 69.6. The molecular formula is C76H130O6. The topological polar surface area (TPSA) is 78.9 Å². The van der Waals surface area contributed by atoms with Gasteiger partial charge in [-0.15, -0.1) is 0 Å². The number of ether oxygens (including phenoxy) is 3. The molecule has 0 aromatic rings. The third kappa shape index (κ3) is 66.9. The van der Waals surface area contributed by atoms with Crippen molar-refractivity contribution in [1.82, 2.24) is 0 Å². The number of allylic oxidation sites excluding steroid dienone is 18. The summed E-state index contributed by atoms with van der Waals surface area (Å²) in [6.07, 6.45) is 95.5. The zero-order valence-corrected chi connectivity index (χ0v) is 54.0. The monoisotopic (exact) mass is 1140 g/mol. The highest BCUT2D eigenvalue weighted by Gasteiger charge is 2.19. The highest BCUT2D eigenvalue weighted by molar-refractivity contribution is 5.71. The molecule has 0 aliphatic rings. The second-order valence-corrected chi connectivity index (χ2v) is 23.1. The molecular weight excluding hydrogens is 1010 g/mol. The Morgan fingerprint density at radius 3 is 0.805 bits per heavy atom. The standard InChI is InChI=1S/C76H130O6/c1-4-7-10-13-16-19-22-24-26-28-30-32-34-36-37-38-39-41-42-44-46-48-50-52-54-57-60-63-66-69-75(78)81-72-73(71-80-74(77)68-65-62-59-56-21-18-15-12-9-6-3)82-76(79)70-67-64-61-58-55-53-51-49-47-45-43-40-35-33-31-29-27-25-23-20-17-14-11-8-5-2/h8,11-12,15,17,20,22,24-25,27-28,30-31,33,40,43,47,49,73H,4-7,9-10,13-14,16,18-19,21,23,26,29,32,34-39,41-42,44-46,48,50-72H2,1-3H3/b11-8-,15-12-,20-17-,24-22-,27-25-,30-28-,33-31-,43-40-,49-47-. The van der Waals surface area contributed by atoms with Crippen molar-refractivity contribution in [2.24, 2.45) is 0 Å². The van der Waals surface area contributed by atoms with Crippen LogP contribution in [-0.2, 0) is 28.6 Å². The summed E-state index contributed by atoms with van der Waals surface area (Å²) in [6.45, 7) is 6.46. The lowest BCUT2D eigenvalue weighted by molar-refractivity contribution is -0.167. The Kier molecular flexibility index (Phi) is 66.2. The second-order valence-electron chi connectivity index (χ2n) is 23.1. The summed E-state index contributed by atoms with van der Waals surface area (Å²) in [5, 5.41) is 0. The minimum Gasteiger partial charge on any atom is -0.462 e. The Balaban J connectivity index is 4.22. The molecule has 0 fully saturated rings. The van der Waals surface area contributed by atoms with E-state index in [1.807, 2.05) is 0 Å². The average molecular weight is 1140 g/mol. The Labute approximate surface area is 508 Å². The molecule has 6 nitrogen and oxygen atoms in total. The maximum absolute atomic E-state index is 12.9. The first-order chi connectivity index (χ1) is 40.5. The van der Waals surface area contributed by atoms with E-state index in [2.05, 4.69) is 130 Å². The normalized spacial score (nSPS) is 12.8. The number of unbranched alkanes of at least 4 members (excludes halogenated alkanes) is 34. The predicted octanol–water partition coefficient (Wildman–Crippen LogP) is 24.2. The van der Waals surface area contributed by atoms with Gasteiger partial charge in [-0.2, -0.15) is 0 Å². The van der Waals surface area contributed by atoms with Crippen molar-refractivity contribution < 1.29 is 28.6 Å². The van der Waals surface area contributed by atoms with E-state index in [1.54, 1.807) is 0 Å². The first kappa shape index (κ1) is 78.1. The van der Waals surface area contributed by atoms with E-state index in [9.17, 15) is 14.4 Å². The summed E-state index contributed by atoms with van der Waals surface area (Å²) in [6, 6.07) is 0. The lowest BCUT2D eigenvalue weighted by Crippen LogP contribution is -2.30. The van der Waals surface area contributed by atoms with Crippen molar-refractivity contribution in [3.8, 4) is 0 Å². The minimum absolute atomic E-state index is 0.0857. The highest BCUT2D eigenvalue weighted by atomic mass is 16.6. The van der Waals surface area contributed by atoms with Gasteiger partial charge in [-0.25, -0.2) is 0 Å². The van der Waals surface area contributed by atoms with Crippen molar-refractivity contribution >= 4 is 17.9 Å². The first-order valence-corrected chi connectivity index (χ1v) is 34.9. The smallest absolute Gasteiger partial charge is 0.306 e.